The van der Waals surface area contributed by atoms with Crippen molar-refractivity contribution in [1.29, 1.82) is 0 Å². The Morgan fingerprint density at radius 2 is 2.13 bits per heavy atom. The van der Waals surface area contributed by atoms with Crippen molar-refractivity contribution in [3.63, 3.8) is 0 Å². The summed E-state index contributed by atoms with van der Waals surface area (Å²) >= 11 is 0. The average Bonchev–Trinajstić information content (AvgIpc) is 2.07. The molecule has 1 N–H and O–H groups in total. The van der Waals surface area contributed by atoms with Gasteiger partial charge in [-0.25, -0.2) is 0 Å². The second kappa shape index (κ2) is 4.17. The maximum absolute atomic E-state index is 11.6. The summed E-state index contributed by atoms with van der Waals surface area (Å²) in [6.45, 7) is 7.30. The van der Waals surface area contributed by atoms with Crippen molar-refractivity contribution in [2.24, 2.45) is 5.92 Å². The summed E-state index contributed by atoms with van der Waals surface area (Å²) in [5.41, 5.74) is 0.545. The molecule has 3 nitrogen and oxygen atoms in total. The summed E-state index contributed by atoms with van der Waals surface area (Å²) in [7, 11) is 0. The Bertz CT molecular complexity index is 316. The average molecular weight is 209 g/mol. The number of carbonyl (C=O) groups is 2. The second-order valence-corrected chi connectivity index (χ2v) is 4.85. The Hall–Kier alpha value is -1.12. The highest BCUT2D eigenvalue weighted by Gasteiger charge is 2.33. The van der Waals surface area contributed by atoms with Crippen molar-refractivity contribution < 1.29 is 9.59 Å². The molecule has 0 aromatic carbocycles. The molecule has 0 radical (unpaired) electrons. The van der Waals surface area contributed by atoms with Crippen molar-refractivity contribution in [1.82, 2.24) is 5.32 Å². The first-order valence-electron chi connectivity index (χ1n) is 5.31. The fourth-order valence-electron chi connectivity index (χ4n) is 2.01. The standard InChI is InChI=1S/C12H19NO2/c1-8-5-6-10(7-11(8)15)12(3,4)13-9(2)14/h5,10H,6-7H2,1-4H3,(H,13,14)/t10-/m0/s1. The van der Waals surface area contributed by atoms with Gasteiger partial charge in [0.2, 0.25) is 5.91 Å². The Morgan fingerprint density at radius 3 is 2.60 bits per heavy atom. The zero-order chi connectivity index (χ0) is 11.6. The molecule has 0 saturated heterocycles. The molecule has 1 atom stereocenters. The van der Waals surface area contributed by atoms with Crippen LogP contribution in [0.15, 0.2) is 11.6 Å². The molecule has 0 unspecified atom stereocenters. The third-order valence-corrected chi connectivity index (χ3v) is 3.10. The van der Waals surface area contributed by atoms with Gasteiger partial charge in [0, 0.05) is 18.9 Å². The minimum atomic E-state index is -0.307. The first-order valence-corrected chi connectivity index (χ1v) is 5.31. The number of ketones is 1. The lowest BCUT2D eigenvalue weighted by atomic mass is 9.77. The van der Waals surface area contributed by atoms with E-state index in [0.29, 0.717) is 6.42 Å². The maximum atomic E-state index is 11.6. The van der Waals surface area contributed by atoms with Crippen molar-refractivity contribution in [2.75, 3.05) is 0 Å². The van der Waals surface area contributed by atoms with Gasteiger partial charge >= 0.3 is 0 Å². The number of rotatable bonds is 2. The first kappa shape index (κ1) is 12.0. The molecule has 3 heteroatoms. The minimum Gasteiger partial charge on any atom is -0.351 e. The summed E-state index contributed by atoms with van der Waals surface area (Å²) in [5, 5.41) is 2.90. The molecule has 0 aliphatic heterocycles. The molecule has 0 heterocycles. The number of hydrogen-bond acceptors (Lipinski definition) is 2. The van der Waals surface area contributed by atoms with E-state index in [1.165, 1.54) is 6.92 Å². The number of Topliss-reactive ketones (excluding diaryl/α,β-unsaturated/α-hetero) is 1. The third kappa shape index (κ3) is 2.91. The van der Waals surface area contributed by atoms with E-state index in [2.05, 4.69) is 5.32 Å². The smallest absolute Gasteiger partial charge is 0.217 e. The van der Waals surface area contributed by atoms with Crippen molar-refractivity contribution >= 4 is 11.7 Å². The van der Waals surface area contributed by atoms with Gasteiger partial charge in [-0.2, -0.15) is 0 Å². The lowest BCUT2D eigenvalue weighted by Crippen LogP contribution is -2.49. The highest BCUT2D eigenvalue weighted by Crippen LogP contribution is 2.29. The zero-order valence-corrected chi connectivity index (χ0v) is 9.89. The number of allylic oxidation sites excluding steroid dienone is 2. The highest BCUT2D eigenvalue weighted by atomic mass is 16.1. The van der Waals surface area contributed by atoms with Crippen LogP contribution in [0.3, 0.4) is 0 Å². The minimum absolute atomic E-state index is 0.0428. The van der Waals surface area contributed by atoms with Gasteiger partial charge < -0.3 is 5.32 Å². The molecule has 0 saturated carbocycles. The Balaban J connectivity index is 2.74. The molecule has 0 spiro atoms. The fraction of sp³-hybridized carbons (Fsp3) is 0.667. The van der Waals surface area contributed by atoms with E-state index in [4.69, 9.17) is 0 Å². The van der Waals surface area contributed by atoms with E-state index >= 15 is 0 Å². The van der Waals surface area contributed by atoms with Crippen molar-refractivity contribution in [3.05, 3.63) is 11.6 Å². The van der Waals surface area contributed by atoms with Gasteiger partial charge in [0.05, 0.1) is 0 Å². The van der Waals surface area contributed by atoms with Gasteiger partial charge in [0.25, 0.3) is 0 Å². The maximum Gasteiger partial charge on any atom is 0.217 e. The predicted octanol–water partition coefficient (Wildman–Crippen LogP) is 1.83. The van der Waals surface area contributed by atoms with Crippen LogP contribution in [0.4, 0.5) is 0 Å². The van der Waals surface area contributed by atoms with Crippen LogP contribution in [0.25, 0.3) is 0 Å². The Labute approximate surface area is 90.9 Å². The molecule has 1 amide bonds. The molecule has 1 aliphatic carbocycles. The van der Waals surface area contributed by atoms with E-state index < -0.39 is 0 Å². The van der Waals surface area contributed by atoms with Crippen LogP contribution in [-0.2, 0) is 9.59 Å². The van der Waals surface area contributed by atoms with Crippen LogP contribution in [-0.4, -0.2) is 17.2 Å². The molecular formula is C12H19NO2. The van der Waals surface area contributed by atoms with Crippen LogP contribution >= 0.6 is 0 Å². The molecule has 15 heavy (non-hydrogen) atoms. The predicted molar refractivity (Wildman–Crippen MR) is 59.4 cm³/mol. The second-order valence-electron chi connectivity index (χ2n) is 4.85. The number of hydrogen-bond donors (Lipinski definition) is 1. The topological polar surface area (TPSA) is 46.2 Å². The molecular weight excluding hydrogens is 190 g/mol. The van der Waals surface area contributed by atoms with Gasteiger partial charge in [-0.05, 0) is 38.7 Å². The summed E-state index contributed by atoms with van der Waals surface area (Å²) in [6, 6.07) is 0. The molecule has 0 bridgehead atoms. The largest absolute Gasteiger partial charge is 0.351 e. The summed E-state index contributed by atoms with van der Waals surface area (Å²) in [5.74, 6) is 0.362. The molecule has 0 fully saturated rings. The van der Waals surface area contributed by atoms with Gasteiger partial charge in [-0.15, -0.1) is 0 Å². The van der Waals surface area contributed by atoms with Crippen molar-refractivity contribution in [3.8, 4) is 0 Å². The lowest BCUT2D eigenvalue weighted by Gasteiger charge is -2.36. The summed E-state index contributed by atoms with van der Waals surface area (Å²) in [6.07, 6.45) is 3.38. The Kier molecular flexibility index (Phi) is 3.32. The SMILES string of the molecule is CC(=O)NC(C)(C)[C@H]1CC=C(C)C(=O)C1. The van der Waals surface area contributed by atoms with E-state index in [1.54, 1.807) is 0 Å². The zero-order valence-electron chi connectivity index (χ0n) is 9.89. The number of nitrogens with one attached hydrogen (secondary N) is 1. The molecule has 1 aliphatic rings. The number of carbonyl (C=O) groups excluding carboxylic acids is 2. The first-order chi connectivity index (χ1) is 6.83. The van der Waals surface area contributed by atoms with Crippen LogP contribution in [0.1, 0.15) is 40.5 Å². The van der Waals surface area contributed by atoms with Crippen LogP contribution in [0.2, 0.25) is 0 Å². The van der Waals surface area contributed by atoms with E-state index in [9.17, 15) is 9.59 Å². The highest BCUT2D eigenvalue weighted by molar-refractivity contribution is 5.95. The quantitative estimate of drug-likeness (QED) is 0.754. The van der Waals surface area contributed by atoms with Crippen molar-refractivity contribution in [2.45, 2.75) is 46.1 Å². The van der Waals surface area contributed by atoms with Gasteiger partial charge in [0.1, 0.15) is 0 Å². The normalized spacial score (nSPS) is 22.3. The lowest BCUT2D eigenvalue weighted by molar-refractivity contribution is -0.123. The van der Waals surface area contributed by atoms with E-state index in [0.717, 1.165) is 12.0 Å². The Morgan fingerprint density at radius 1 is 1.53 bits per heavy atom. The van der Waals surface area contributed by atoms with Gasteiger partial charge in [-0.3, -0.25) is 9.59 Å². The third-order valence-electron chi connectivity index (χ3n) is 3.10. The molecule has 0 aromatic heterocycles. The summed E-state index contributed by atoms with van der Waals surface area (Å²) < 4.78 is 0. The molecule has 0 aromatic rings. The van der Waals surface area contributed by atoms with E-state index in [-0.39, 0.29) is 23.1 Å². The van der Waals surface area contributed by atoms with Gasteiger partial charge in [-0.1, -0.05) is 6.08 Å². The van der Waals surface area contributed by atoms with Crippen LogP contribution in [0, 0.1) is 5.92 Å². The summed E-state index contributed by atoms with van der Waals surface area (Å²) in [4.78, 5) is 22.6. The van der Waals surface area contributed by atoms with Crippen LogP contribution < -0.4 is 5.32 Å². The fourth-order valence-corrected chi connectivity index (χ4v) is 2.01. The van der Waals surface area contributed by atoms with E-state index in [1.807, 2.05) is 26.8 Å². The van der Waals surface area contributed by atoms with Gasteiger partial charge in [0.15, 0.2) is 5.78 Å². The number of amides is 1. The monoisotopic (exact) mass is 209 g/mol. The van der Waals surface area contributed by atoms with Crippen LogP contribution in [0.5, 0.6) is 0 Å². The molecule has 1 rings (SSSR count). The molecule has 84 valence electrons.